The van der Waals surface area contributed by atoms with Crippen LogP contribution in [-0.2, 0) is 4.79 Å². The maximum atomic E-state index is 12.0. The lowest BCUT2D eigenvalue weighted by atomic mass is 10.0. The molecule has 0 atom stereocenters. The van der Waals surface area contributed by atoms with Gasteiger partial charge in [0.2, 0.25) is 5.91 Å². The Morgan fingerprint density at radius 2 is 2.00 bits per heavy atom. The number of likely N-dealkylation sites (N-methyl/N-ethyl adjacent to an activating group) is 1. The smallest absolute Gasteiger partial charge is 0.352 e. The van der Waals surface area contributed by atoms with E-state index in [0.717, 1.165) is 12.8 Å². The number of nitrogens with zero attached hydrogens (tertiary/aromatic N) is 3. The summed E-state index contributed by atoms with van der Waals surface area (Å²) in [6, 6.07) is 3.54. The molecule has 1 fully saturated rings. The molecule has 1 aliphatic heterocycles. The molecule has 0 spiro atoms. The summed E-state index contributed by atoms with van der Waals surface area (Å²) >= 11 is 0. The van der Waals surface area contributed by atoms with Gasteiger partial charge in [-0.1, -0.05) is 0 Å². The van der Waals surface area contributed by atoms with Crippen LogP contribution in [0.15, 0.2) is 18.3 Å². The summed E-state index contributed by atoms with van der Waals surface area (Å²) < 4.78 is 1.82. The maximum Gasteiger partial charge on any atom is 0.352 e. The predicted molar refractivity (Wildman–Crippen MR) is 74.8 cm³/mol. The highest BCUT2D eigenvalue weighted by Crippen LogP contribution is 2.24. The monoisotopic (exact) mass is 279 g/mol. The lowest BCUT2D eigenvalue weighted by Gasteiger charge is -2.33. The Hall–Kier alpha value is -1.82. The number of hydrogen-bond donors (Lipinski definition) is 1. The Morgan fingerprint density at radius 1 is 1.35 bits per heavy atom. The number of amides is 1. The Labute approximate surface area is 118 Å². The van der Waals surface area contributed by atoms with E-state index in [1.54, 1.807) is 12.1 Å². The summed E-state index contributed by atoms with van der Waals surface area (Å²) in [5.74, 6) is -0.763. The molecule has 6 heteroatoms. The summed E-state index contributed by atoms with van der Waals surface area (Å²) in [7, 11) is 3.76. The van der Waals surface area contributed by atoms with E-state index in [9.17, 15) is 9.59 Å². The Kier molecular flexibility index (Phi) is 4.44. The van der Waals surface area contributed by atoms with E-state index < -0.39 is 5.97 Å². The molecule has 0 saturated carbocycles. The van der Waals surface area contributed by atoms with Crippen LogP contribution in [-0.4, -0.2) is 65.1 Å². The number of carbonyl (C=O) groups excluding carboxylic acids is 1. The van der Waals surface area contributed by atoms with Crippen molar-refractivity contribution in [3.63, 3.8) is 0 Å². The van der Waals surface area contributed by atoms with Crippen molar-refractivity contribution in [2.24, 2.45) is 0 Å². The number of aromatic nitrogens is 1. The van der Waals surface area contributed by atoms with Crippen molar-refractivity contribution in [3.05, 3.63) is 24.0 Å². The highest BCUT2D eigenvalue weighted by atomic mass is 16.4. The molecule has 110 valence electrons. The maximum absolute atomic E-state index is 12.0. The van der Waals surface area contributed by atoms with E-state index in [2.05, 4.69) is 0 Å². The van der Waals surface area contributed by atoms with Crippen LogP contribution in [0.5, 0.6) is 0 Å². The van der Waals surface area contributed by atoms with Gasteiger partial charge in [-0.2, -0.15) is 0 Å². The third-order valence-electron chi connectivity index (χ3n) is 3.66. The fourth-order valence-corrected chi connectivity index (χ4v) is 2.66. The lowest BCUT2D eigenvalue weighted by molar-refractivity contribution is -0.133. The van der Waals surface area contributed by atoms with Crippen molar-refractivity contribution in [2.45, 2.75) is 18.9 Å². The zero-order valence-corrected chi connectivity index (χ0v) is 12.0. The van der Waals surface area contributed by atoms with Crippen molar-refractivity contribution in [1.82, 2.24) is 14.4 Å². The van der Waals surface area contributed by atoms with Gasteiger partial charge in [0.05, 0.1) is 6.54 Å². The molecule has 1 amide bonds. The van der Waals surface area contributed by atoms with Crippen molar-refractivity contribution < 1.29 is 14.7 Å². The van der Waals surface area contributed by atoms with Gasteiger partial charge in [0.1, 0.15) is 5.69 Å². The summed E-state index contributed by atoms with van der Waals surface area (Å²) in [6.45, 7) is 1.80. The van der Waals surface area contributed by atoms with E-state index in [-0.39, 0.29) is 11.9 Å². The van der Waals surface area contributed by atoms with E-state index in [1.807, 2.05) is 34.7 Å². The number of likely N-dealkylation sites (tertiary alicyclic amines) is 1. The van der Waals surface area contributed by atoms with Crippen LogP contribution in [0.3, 0.4) is 0 Å². The normalized spacial score (nSPS) is 16.6. The highest BCUT2D eigenvalue weighted by molar-refractivity contribution is 5.85. The van der Waals surface area contributed by atoms with Gasteiger partial charge in [-0.25, -0.2) is 4.79 Å². The number of carboxylic acid groups (broad SMARTS) is 1. The van der Waals surface area contributed by atoms with E-state index in [0.29, 0.717) is 25.3 Å². The van der Waals surface area contributed by atoms with Gasteiger partial charge in [0.15, 0.2) is 0 Å². The minimum Gasteiger partial charge on any atom is -0.477 e. The summed E-state index contributed by atoms with van der Waals surface area (Å²) in [6.07, 6.45) is 3.41. The largest absolute Gasteiger partial charge is 0.477 e. The van der Waals surface area contributed by atoms with Gasteiger partial charge in [-0.15, -0.1) is 0 Å². The molecule has 1 N–H and O–H groups in total. The third-order valence-corrected chi connectivity index (χ3v) is 3.66. The zero-order chi connectivity index (χ0) is 14.7. The molecule has 1 aromatic heterocycles. The lowest BCUT2D eigenvalue weighted by Crippen LogP contribution is -2.43. The first-order valence-corrected chi connectivity index (χ1v) is 6.81. The number of carboxylic acids is 1. The fourth-order valence-electron chi connectivity index (χ4n) is 2.66. The van der Waals surface area contributed by atoms with Crippen LogP contribution in [0.4, 0.5) is 0 Å². The number of rotatable bonds is 4. The van der Waals surface area contributed by atoms with Crippen molar-refractivity contribution in [3.8, 4) is 0 Å². The van der Waals surface area contributed by atoms with Crippen molar-refractivity contribution in [2.75, 3.05) is 33.7 Å². The topological polar surface area (TPSA) is 65.8 Å². The summed E-state index contributed by atoms with van der Waals surface area (Å²) in [4.78, 5) is 26.8. The molecule has 20 heavy (non-hydrogen) atoms. The first-order chi connectivity index (χ1) is 9.49. The van der Waals surface area contributed by atoms with Crippen LogP contribution < -0.4 is 0 Å². The van der Waals surface area contributed by atoms with Gasteiger partial charge < -0.3 is 19.5 Å². The number of aromatic carboxylic acids is 1. The molecule has 0 bridgehead atoms. The minimum atomic E-state index is -0.902. The van der Waals surface area contributed by atoms with Gasteiger partial charge in [0, 0.05) is 25.3 Å². The van der Waals surface area contributed by atoms with Crippen molar-refractivity contribution in [1.29, 1.82) is 0 Å². The summed E-state index contributed by atoms with van der Waals surface area (Å²) in [5, 5.41) is 9.13. The molecule has 0 radical (unpaired) electrons. The Bertz CT molecular complexity index is 488. The van der Waals surface area contributed by atoms with Crippen LogP contribution >= 0.6 is 0 Å². The average Bonchev–Trinajstić information content (AvgIpc) is 2.87. The second-order valence-electron chi connectivity index (χ2n) is 5.46. The molecule has 2 rings (SSSR count). The quantitative estimate of drug-likeness (QED) is 0.889. The molecular formula is C14H21N3O3. The molecule has 0 aliphatic carbocycles. The van der Waals surface area contributed by atoms with Gasteiger partial charge >= 0.3 is 5.97 Å². The molecule has 1 aliphatic rings. The number of piperidine rings is 1. The minimum absolute atomic E-state index is 0.138. The molecule has 2 heterocycles. The van der Waals surface area contributed by atoms with Gasteiger partial charge in [-0.3, -0.25) is 4.79 Å². The number of hydrogen-bond acceptors (Lipinski definition) is 3. The first kappa shape index (κ1) is 14.6. The number of carbonyl (C=O) groups is 2. The van der Waals surface area contributed by atoms with Crippen LogP contribution in [0.25, 0.3) is 0 Å². The second-order valence-corrected chi connectivity index (χ2v) is 5.46. The van der Waals surface area contributed by atoms with Gasteiger partial charge in [0.25, 0.3) is 0 Å². The molecule has 1 aromatic rings. The molecular weight excluding hydrogens is 258 g/mol. The molecule has 0 aromatic carbocycles. The van der Waals surface area contributed by atoms with Crippen LogP contribution in [0, 0.1) is 0 Å². The molecule has 0 unspecified atom stereocenters. The Balaban J connectivity index is 1.96. The predicted octanol–water partition coefficient (Wildman–Crippen LogP) is 0.911. The molecule has 6 nitrogen and oxygen atoms in total. The van der Waals surface area contributed by atoms with Crippen LogP contribution in [0.1, 0.15) is 29.4 Å². The van der Waals surface area contributed by atoms with Crippen LogP contribution in [0.2, 0.25) is 0 Å². The second kappa shape index (κ2) is 6.09. The SMILES string of the molecule is CN(C)CC(=O)N1CCC(n2cccc2C(=O)O)CC1. The Morgan fingerprint density at radius 3 is 2.55 bits per heavy atom. The van der Waals surface area contributed by atoms with Crippen molar-refractivity contribution >= 4 is 11.9 Å². The first-order valence-electron chi connectivity index (χ1n) is 6.81. The third kappa shape index (κ3) is 3.19. The highest BCUT2D eigenvalue weighted by Gasteiger charge is 2.25. The summed E-state index contributed by atoms with van der Waals surface area (Å²) in [5.41, 5.74) is 0.322. The fraction of sp³-hybridized carbons (Fsp3) is 0.571. The van der Waals surface area contributed by atoms with E-state index in [4.69, 9.17) is 5.11 Å². The standard InChI is InChI=1S/C14H21N3O3/c1-15(2)10-13(18)16-8-5-11(6-9-16)17-7-3-4-12(17)14(19)20/h3-4,7,11H,5-6,8-10H2,1-2H3,(H,19,20). The van der Waals surface area contributed by atoms with E-state index in [1.165, 1.54) is 0 Å². The van der Waals surface area contributed by atoms with E-state index >= 15 is 0 Å². The molecule has 1 saturated heterocycles. The van der Waals surface area contributed by atoms with Gasteiger partial charge in [-0.05, 0) is 39.1 Å². The zero-order valence-electron chi connectivity index (χ0n) is 12.0. The average molecular weight is 279 g/mol.